The Labute approximate surface area is 111 Å². The Kier molecular flexibility index (Phi) is 3.41. The predicted octanol–water partition coefficient (Wildman–Crippen LogP) is 1.48. The fourth-order valence-corrected chi connectivity index (χ4v) is 1.88. The molecule has 19 heavy (non-hydrogen) atoms. The molecule has 0 aliphatic heterocycles. The summed E-state index contributed by atoms with van der Waals surface area (Å²) >= 11 is 0. The number of nitrogens with zero attached hydrogens (tertiary/aromatic N) is 2. The Hall–Kier alpha value is -2.50. The van der Waals surface area contributed by atoms with E-state index in [0.29, 0.717) is 17.1 Å². The van der Waals surface area contributed by atoms with E-state index in [1.54, 1.807) is 25.1 Å². The van der Waals surface area contributed by atoms with Crippen molar-refractivity contribution in [1.29, 1.82) is 5.41 Å². The number of hydrogen-bond acceptors (Lipinski definition) is 4. The first-order chi connectivity index (χ1) is 9.08. The Morgan fingerprint density at radius 1 is 1.32 bits per heavy atom. The molecule has 0 atom stereocenters. The van der Waals surface area contributed by atoms with E-state index < -0.39 is 0 Å². The molecule has 6 nitrogen and oxygen atoms in total. The third-order valence-electron chi connectivity index (χ3n) is 2.91. The first kappa shape index (κ1) is 12.9. The van der Waals surface area contributed by atoms with Crippen LogP contribution in [0.4, 0.5) is 0 Å². The van der Waals surface area contributed by atoms with Crippen LogP contribution in [-0.4, -0.2) is 29.8 Å². The van der Waals surface area contributed by atoms with Gasteiger partial charge >= 0.3 is 0 Å². The molecule has 2 rings (SSSR count). The SMILES string of the molecule is COc1ccc(OC)c(-n2ncc(C(=N)N)c2C)c1. The van der Waals surface area contributed by atoms with Crippen LogP contribution < -0.4 is 15.2 Å². The Morgan fingerprint density at radius 3 is 2.58 bits per heavy atom. The second-order valence-electron chi connectivity index (χ2n) is 4.01. The van der Waals surface area contributed by atoms with Crippen molar-refractivity contribution in [3.05, 3.63) is 35.7 Å². The lowest BCUT2D eigenvalue weighted by molar-refractivity contribution is 0.400. The van der Waals surface area contributed by atoms with Crippen LogP contribution in [0.5, 0.6) is 11.5 Å². The molecule has 0 fully saturated rings. The molecule has 0 aliphatic carbocycles. The molecule has 1 heterocycles. The van der Waals surface area contributed by atoms with E-state index in [0.717, 1.165) is 11.4 Å². The largest absolute Gasteiger partial charge is 0.497 e. The summed E-state index contributed by atoms with van der Waals surface area (Å²) in [5.74, 6) is 1.36. The number of amidine groups is 1. The highest BCUT2D eigenvalue weighted by Gasteiger charge is 2.14. The van der Waals surface area contributed by atoms with Gasteiger partial charge in [-0.1, -0.05) is 0 Å². The van der Waals surface area contributed by atoms with Gasteiger partial charge in [0.25, 0.3) is 0 Å². The van der Waals surface area contributed by atoms with Gasteiger partial charge in [0.2, 0.25) is 0 Å². The zero-order valence-corrected chi connectivity index (χ0v) is 11.1. The summed E-state index contributed by atoms with van der Waals surface area (Å²) in [6.07, 6.45) is 1.57. The van der Waals surface area contributed by atoms with Gasteiger partial charge in [-0.05, 0) is 19.1 Å². The average Bonchev–Trinajstić information content (AvgIpc) is 2.79. The number of nitrogens with one attached hydrogen (secondary N) is 1. The Bertz CT molecular complexity index is 619. The molecule has 0 saturated carbocycles. The van der Waals surface area contributed by atoms with E-state index in [1.807, 2.05) is 25.1 Å². The van der Waals surface area contributed by atoms with E-state index in [2.05, 4.69) is 5.10 Å². The average molecular weight is 260 g/mol. The van der Waals surface area contributed by atoms with Crippen LogP contribution in [0.1, 0.15) is 11.3 Å². The highest BCUT2D eigenvalue weighted by molar-refractivity contribution is 5.95. The van der Waals surface area contributed by atoms with Crippen molar-refractivity contribution in [3.8, 4) is 17.2 Å². The lowest BCUT2D eigenvalue weighted by Gasteiger charge is -2.12. The van der Waals surface area contributed by atoms with Crippen LogP contribution in [-0.2, 0) is 0 Å². The van der Waals surface area contributed by atoms with E-state index >= 15 is 0 Å². The smallest absolute Gasteiger partial charge is 0.144 e. The van der Waals surface area contributed by atoms with Crippen LogP contribution >= 0.6 is 0 Å². The zero-order valence-electron chi connectivity index (χ0n) is 11.1. The topological polar surface area (TPSA) is 86.2 Å². The summed E-state index contributed by atoms with van der Waals surface area (Å²) < 4.78 is 12.2. The number of ether oxygens (including phenoxy) is 2. The molecular weight excluding hydrogens is 244 g/mol. The van der Waals surface area contributed by atoms with Crippen molar-refractivity contribution < 1.29 is 9.47 Å². The molecule has 0 radical (unpaired) electrons. The molecule has 2 aromatic rings. The first-order valence-corrected chi connectivity index (χ1v) is 5.70. The van der Waals surface area contributed by atoms with Gasteiger partial charge in [0.05, 0.1) is 31.7 Å². The molecule has 3 N–H and O–H groups in total. The lowest BCUT2D eigenvalue weighted by atomic mass is 10.2. The second kappa shape index (κ2) is 5.01. The second-order valence-corrected chi connectivity index (χ2v) is 4.01. The summed E-state index contributed by atoms with van der Waals surface area (Å²) in [5.41, 5.74) is 7.63. The third kappa shape index (κ3) is 2.24. The maximum atomic E-state index is 7.50. The molecule has 0 amide bonds. The number of benzene rings is 1. The lowest BCUT2D eigenvalue weighted by Crippen LogP contribution is -2.12. The van der Waals surface area contributed by atoms with Gasteiger partial charge in [0.15, 0.2) is 0 Å². The predicted molar refractivity (Wildman–Crippen MR) is 72.4 cm³/mol. The van der Waals surface area contributed by atoms with Crippen LogP contribution in [0.15, 0.2) is 24.4 Å². The maximum absolute atomic E-state index is 7.50. The maximum Gasteiger partial charge on any atom is 0.144 e. The fourth-order valence-electron chi connectivity index (χ4n) is 1.88. The van der Waals surface area contributed by atoms with Gasteiger partial charge in [-0.3, -0.25) is 5.41 Å². The Balaban J connectivity index is 2.60. The Morgan fingerprint density at radius 2 is 2.05 bits per heavy atom. The zero-order chi connectivity index (χ0) is 14.0. The molecule has 1 aromatic heterocycles. The van der Waals surface area contributed by atoms with Crippen LogP contribution in [0.25, 0.3) is 5.69 Å². The van der Waals surface area contributed by atoms with E-state index in [-0.39, 0.29) is 5.84 Å². The van der Waals surface area contributed by atoms with Crippen LogP contribution in [0, 0.1) is 12.3 Å². The molecule has 6 heteroatoms. The molecular formula is C13H16N4O2. The highest BCUT2D eigenvalue weighted by atomic mass is 16.5. The monoisotopic (exact) mass is 260 g/mol. The number of aromatic nitrogens is 2. The molecule has 0 saturated heterocycles. The van der Waals surface area contributed by atoms with Crippen molar-refractivity contribution in [3.63, 3.8) is 0 Å². The number of nitrogens with two attached hydrogens (primary N) is 1. The summed E-state index contributed by atoms with van der Waals surface area (Å²) in [6.45, 7) is 1.85. The molecule has 0 aliphatic rings. The molecule has 0 unspecified atom stereocenters. The standard InChI is InChI=1S/C13H16N4O2/c1-8-10(13(14)15)7-16-17(8)11-6-9(18-2)4-5-12(11)19-3/h4-7H,1-3H3,(H3,14,15). The number of hydrogen-bond donors (Lipinski definition) is 2. The quantitative estimate of drug-likeness (QED) is 0.644. The molecule has 0 spiro atoms. The van der Waals surface area contributed by atoms with Crippen molar-refractivity contribution in [1.82, 2.24) is 9.78 Å². The molecule has 100 valence electrons. The minimum atomic E-state index is -0.00869. The fraction of sp³-hybridized carbons (Fsp3) is 0.231. The van der Waals surface area contributed by atoms with E-state index in [9.17, 15) is 0 Å². The number of rotatable bonds is 4. The molecule has 0 bridgehead atoms. The van der Waals surface area contributed by atoms with Crippen molar-refractivity contribution in [2.24, 2.45) is 5.73 Å². The van der Waals surface area contributed by atoms with E-state index in [4.69, 9.17) is 20.6 Å². The van der Waals surface area contributed by atoms with Crippen molar-refractivity contribution in [2.45, 2.75) is 6.92 Å². The minimum Gasteiger partial charge on any atom is -0.497 e. The normalized spacial score (nSPS) is 10.3. The summed E-state index contributed by atoms with van der Waals surface area (Å²) in [5, 5.41) is 11.7. The number of nitrogen functional groups attached to an aromatic ring is 1. The minimum absolute atomic E-state index is 0.00869. The van der Waals surface area contributed by atoms with Crippen molar-refractivity contribution in [2.75, 3.05) is 14.2 Å². The third-order valence-corrected chi connectivity index (χ3v) is 2.91. The van der Waals surface area contributed by atoms with E-state index in [1.165, 1.54) is 0 Å². The van der Waals surface area contributed by atoms with Crippen LogP contribution in [0.3, 0.4) is 0 Å². The highest BCUT2D eigenvalue weighted by Crippen LogP contribution is 2.28. The van der Waals surface area contributed by atoms with Gasteiger partial charge in [0.1, 0.15) is 23.0 Å². The van der Waals surface area contributed by atoms with Crippen molar-refractivity contribution >= 4 is 5.84 Å². The van der Waals surface area contributed by atoms with Crippen LogP contribution in [0.2, 0.25) is 0 Å². The van der Waals surface area contributed by atoms with Gasteiger partial charge in [0, 0.05) is 6.07 Å². The van der Waals surface area contributed by atoms with Gasteiger partial charge in [-0.15, -0.1) is 0 Å². The van der Waals surface area contributed by atoms with Gasteiger partial charge in [-0.2, -0.15) is 5.10 Å². The van der Waals surface area contributed by atoms with Gasteiger partial charge < -0.3 is 15.2 Å². The van der Waals surface area contributed by atoms with Gasteiger partial charge in [-0.25, -0.2) is 4.68 Å². The number of methoxy groups -OCH3 is 2. The first-order valence-electron chi connectivity index (χ1n) is 5.70. The summed E-state index contributed by atoms with van der Waals surface area (Å²) in [6, 6.07) is 5.44. The summed E-state index contributed by atoms with van der Waals surface area (Å²) in [4.78, 5) is 0. The summed E-state index contributed by atoms with van der Waals surface area (Å²) in [7, 11) is 3.19. The molecule has 1 aromatic carbocycles.